The summed E-state index contributed by atoms with van der Waals surface area (Å²) in [6.07, 6.45) is 2.37. The Balaban J connectivity index is 1.81. The summed E-state index contributed by atoms with van der Waals surface area (Å²) in [5, 5.41) is 1.14. The Bertz CT molecular complexity index is 1030. The van der Waals surface area contributed by atoms with E-state index in [0.29, 0.717) is 18.1 Å². The topological polar surface area (TPSA) is 103 Å². The first-order valence-electron chi connectivity index (χ1n) is 8.39. The average molecular weight is 390 g/mol. The molecule has 0 fully saturated rings. The molecule has 9 heteroatoms. The molecule has 0 saturated heterocycles. The van der Waals surface area contributed by atoms with Crippen LogP contribution < -0.4 is 11.3 Å². The molecule has 0 aliphatic rings. The largest absolute Gasteiger partial charge is 0.465 e. The van der Waals surface area contributed by atoms with Crippen LogP contribution >= 0.6 is 11.8 Å². The summed E-state index contributed by atoms with van der Waals surface area (Å²) in [7, 11) is 0. The lowest BCUT2D eigenvalue weighted by Gasteiger charge is -2.14. The Hall–Kier alpha value is -2.81. The van der Waals surface area contributed by atoms with Gasteiger partial charge in [0.1, 0.15) is 11.6 Å². The molecule has 27 heavy (non-hydrogen) atoms. The molecule has 2 heterocycles. The van der Waals surface area contributed by atoms with Crippen LogP contribution in [0.15, 0.2) is 40.4 Å². The zero-order chi connectivity index (χ0) is 19.4. The third-order valence-corrected chi connectivity index (χ3v) is 4.93. The van der Waals surface area contributed by atoms with Crippen molar-refractivity contribution >= 4 is 34.5 Å². The van der Waals surface area contributed by atoms with Crippen molar-refractivity contribution in [1.29, 1.82) is 0 Å². The van der Waals surface area contributed by atoms with E-state index in [-0.39, 0.29) is 24.0 Å². The van der Waals surface area contributed by atoms with Gasteiger partial charge in [0.2, 0.25) is 0 Å². The number of nitrogens with one attached hydrogen (secondary N) is 1. The number of thioether (sulfide) groups is 1. The number of fused-ring (bicyclic) bond motifs is 1. The van der Waals surface area contributed by atoms with E-state index in [1.807, 2.05) is 6.20 Å². The molecule has 0 aliphatic carbocycles. The summed E-state index contributed by atoms with van der Waals surface area (Å²) < 4.78 is 20.1. The molecule has 1 aromatic carbocycles. The number of aryl methyl sites for hydroxylation is 1. The van der Waals surface area contributed by atoms with Gasteiger partial charge in [0.05, 0.1) is 12.4 Å². The minimum atomic E-state index is -0.468. The Morgan fingerprint density at radius 3 is 3.00 bits per heavy atom. The summed E-state index contributed by atoms with van der Waals surface area (Å²) >= 11 is 1.10. The van der Waals surface area contributed by atoms with Crippen molar-refractivity contribution < 1.29 is 13.9 Å². The molecule has 142 valence electrons. The van der Waals surface area contributed by atoms with Gasteiger partial charge in [0, 0.05) is 29.7 Å². The van der Waals surface area contributed by atoms with Crippen molar-refractivity contribution in [2.45, 2.75) is 25.0 Å². The van der Waals surface area contributed by atoms with Crippen LogP contribution in [0.2, 0.25) is 0 Å². The fraction of sp³-hybridized carbons (Fsp3) is 0.278. The molecule has 3 N–H and O–H groups in total. The lowest BCUT2D eigenvalue weighted by atomic mass is 10.1. The van der Waals surface area contributed by atoms with Crippen molar-refractivity contribution in [1.82, 2.24) is 14.5 Å². The fourth-order valence-corrected chi connectivity index (χ4v) is 3.59. The third-order valence-electron chi connectivity index (χ3n) is 3.98. The second-order valence-electron chi connectivity index (χ2n) is 5.80. The number of benzene rings is 1. The number of nitrogens with two attached hydrogens (primary N) is 1. The van der Waals surface area contributed by atoms with Crippen molar-refractivity contribution in [2.75, 3.05) is 18.1 Å². The summed E-state index contributed by atoms with van der Waals surface area (Å²) in [6, 6.07) is 5.80. The van der Waals surface area contributed by atoms with E-state index in [2.05, 4.69) is 9.97 Å². The second-order valence-corrected chi connectivity index (χ2v) is 6.74. The van der Waals surface area contributed by atoms with E-state index < -0.39 is 11.5 Å². The molecular weight excluding hydrogens is 371 g/mol. The number of rotatable bonds is 7. The summed E-state index contributed by atoms with van der Waals surface area (Å²) in [4.78, 5) is 30.4. The lowest BCUT2D eigenvalue weighted by Crippen LogP contribution is -2.19. The maximum atomic E-state index is 13.5. The monoisotopic (exact) mass is 390 g/mol. The molecular formula is C18H19FN4O3S. The van der Waals surface area contributed by atoms with Crippen molar-refractivity contribution in [3.05, 3.63) is 52.2 Å². The van der Waals surface area contributed by atoms with Gasteiger partial charge < -0.3 is 20.0 Å². The number of H-pyrrole nitrogens is 1. The average Bonchev–Trinajstić information content (AvgIpc) is 3.01. The van der Waals surface area contributed by atoms with Gasteiger partial charge in [-0.2, -0.15) is 4.98 Å². The third kappa shape index (κ3) is 4.48. The first-order valence-corrected chi connectivity index (χ1v) is 9.37. The number of nitrogen functional groups attached to an aromatic ring is 1. The van der Waals surface area contributed by atoms with Crippen molar-refractivity contribution in [3.63, 3.8) is 0 Å². The maximum Gasteiger partial charge on any atom is 0.316 e. The lowest BCUT2D eigenvalue weighted by molar-refractivity contribution is -0.139. The van der Waals surface area contributed by atoms with E-state index in [1.54, 1.807) is 17.6 Å². The number of ether oxygens (including phenoxy) is 1. The number of hydrogen-bond acceptors (Lipinski definition) is 6. The number of anilines is 1. The molecule has 0 saturated carbocycles. The fourth-order valence-electron chi connectivity index (χ4n) is 2.75. The van der Waals surface area contributed by atoms with Crippen molar-refractivity contribution in [2.24, 2.45) is 0 Å². The number of carbonyl (C=O) groups excluding carboxylic acids is 1. The quantitative estimate of drug-likeness (QED) is 0.365. The summed E-state index contributed by atoms with van der Waals surface area (Å²) in [6.45, 7) is 2.43. The van der Waals surface area contributed by atoms with Gasteiger partial charge in [0.15, 0.2) is 5.16 Å². The molecule has 7 nitrogen and oxygen atoms in total. The highest BCUT2D eigenvalue weighted by atomic mass is 32.2. The van der Waals surface area contributed by atoms with E-state index in [4.69, 9.17) is 10.5 Å². The second kappa shape index (κ2) is 8.26. The van der Waals surface area contributed by atoms with Gasteiger partial charge in [-0.1, -0.05) is 11.8 Å². The van der Waals surface area contributed by atoms with Gasteiger partial charge in [0.25, 0.3) is 5.56 Å². The number of halogens is 1. The van der Waals surface area contributed by atoms with Gasteiger partial charge in [-0.3, -0.25) is 9.59 Å². The van der Waals surface area contributed by atoms with Crippen molar-refractivity contribution in [3.8, 4) is 0 Å². The SMILES string of the molecule is CCOC(=O)CSc1nc(=O)cc(N)n1CCc1c[nH]c2ccc(F)cc12. The van der Waals surface area contributed by atoms with Gasteiger partial charge in [-0.25, -0.2) is 4.39 Å². The minimum absolute atomic E-state index is 0.0298. The van der Waals surface area contributed by atoms with Gasteiger partial charge in [-0.15, -0.1) is 0 Å². The molecule has 3 aromatic rings. The zero-order valence-corrected chi connectivity index (χ0v) is 15.5. The zero-order valence-electron chi connectivity index (χ0n) is 14.7. The molecule has 2 aromatic heterocycles. The standard InChI is InChI=1S/C18H19FN4O3S/c1-2-26-17(25)10-27-18-22-16(24)8-15(20)23(18)6-5-11-9-21-14-4-3-12(19)7-13(11)14/h3-4,7-9,21H,2,5-6,10,20H2,1H3. The first kappa shape index (κ1) is 19.0. The van der Waals surface area contributed by atoms with E-state index in [9.17, 15) is 14.0 Å². The predicted molar refractivity (Wildman–Crippen MR) is 102 cm³/mol. The first-order chi connectivity index (χ1) is 13.0. The van der Waals surface area contributed by atoms with Crippen LogP contribution in [-0.4, -0.2) is 32.9 Å². The summed E-state index contributed by atoms with van der Waals surface area (Å²) in [5.74, 6) is -0.411. The Kier molecular flexibility index (Phi) is 5.80. The minimum Gasteiger partial charge on any atom is -0.465 e. The van der Waals surface area contributed by atoms with E-state index in [0.717, 1.165) is 28.2 Å². The van der Waals surface area contributed by atoms with Crippen LogP contribution in [0.3, 0.4) is 0 Å². The molecule has 0 spiro atoms. The molecule has 3 rings (SSSR count). The molecule has 0 radical (unpaired) electrons. The predicted octanol–water partition coefficient (Wildman–Crippen LogP) is 2.34. The normalized spacial score (nSPS) is 11.0. The highest BCUT2D eigenvalue weighted by molar-refractivity contribution is 7.99. The van der Waals surface area contributed by atoms with Gasteiger partial charge >= 0.3 is 5.97 Å². The smallest absolute Gasteiger partial charge is 0.316 e. The number of aromatic nitrogens is 3. The highest BCUT2D eigenvalue weighted by Crippen LogP contribution is 2.22. The number of nitrogens with zero attached hydrogens (tertiary/aromatic N) is 2. The van der Waals surface area contributed by atoms with Gasteiger partial charge in [-0.05, 0) is 37.1 Å². The van der Waals surface area contributed by atoms with Crippen LogP contribution in [-0.2, 0) is 22.5 Å². The Morgan fingerprint density at radius 1 is 1.41 bits per heavy atom. The van der Waals surface area contributed by atoms with Crippen LogP contribution in [0, 0.1) is 5.82 Å². The highest BCUT2D eigenvalue weighted by Gasteiger charge is 2.13. The number of hydrogen-bond donors (Lipinski definition) is 2. The molecule has 0 unspecified atom stereocenters. The van der Waals surface area contributed by atoms with E-state index in [1.165, 1.54) is 18.2 Å². The summed E-state index contributed by atoms with van der Waals surface area (Å²) in [5.41, 5.74) is 7.28. The number of aromatic amines is 1. The van der Waals surface area contributed by atoms with E-state index >= 15 is 0 Å². The number of esters is 1. The van der Waals surface area contributed by atoms with Crippen LogP contribution in [0.5, 0.6) is 0 Å². The Morgan fingerprint density at radius 2 is 2.22 bits per heavy atom. The number of carbonyl (C=O) groups is 1. The van der Waals surface area contributed by atoms with Crippen LogP contribution in [0.25, 0.3) is 10.9 Å². The maximum absolute atomic E-state index is 13.5. The molecule has 0 bridgehead atoms. The molecule has 0 amide bonds. The molecule has 0 aliphatic heterocycles. The molecule has 0 atom stereocenters. The van der Waals surface area contributed by atoms with Crippen LogP contribution in [0.4, 0.5) is 10.2 Å². The van der Waals surface area contributed by atoms with Crippen LogP contribution in [0.1, 0.15) is 12.5 Å². The Labute approximate surface area is 158 Å².